The molecule has 1 heterocycles. The second kappa shape index (κ2) is 1.86. The zero-order chi connectivity index (χ0) is 8.11. The average molecular weight is 174 g/mol. The molecule has 62 valence electrons. The van der Waals surface area contributed by atoms with E-state index in [1.54, 1.807) is 0 Å². The molecule has 1 spiro atoms. The average Bonchev–Trinajstić information content (AvgIpc) is 2.63. The van der Waals surface area contributed by atoms with E-state index in [0.29, 0.717) is 12.8 Å². The van der Waals surface area contributed by atoms with E-state index in [1.807, 2.05) is 0 Å². The van der Waals surface area contributed by atoms with Gasteiger partial charge in [0.15, 0.2) is 9.84 Å². The topological polar surface area (TPSA) is 51.2 Å². The lowest BCUT2D eigenvalue weighted by atomic mass is 10.1. The first-order valence-electron chi connectivity index (χ1n) is 3.80. The summed E-state index contributed by atoms with van der Waals surface area (Å²) in [5, 5.41) is 0. The largest absolute Gasteiger partial charge is 0.300 e. The molecule has 0 radical (unpaired) electrons. The Hall–Kier alpha value is -0.380. The lowest BCUT2D eigenvalue weighted by Crippen LogP contribution is -2.34. The van der Waals surface area contributed by atoms with Crippen molar-refractivity contribution in [1.82, 2.24) is 0 Å². The van der Waals surface area contributed by atoms with Gasteiger partial charge >= 0.3 is 0 Å². The Bertz CT molecular complexity index is 298. The lowest BCUT2D eigenvalue weighted by Gasteiger charge is -2.19. The molecule has 1 aliphatic carbocycles. The minimum atomic E-state index is -2.90. The first-order valence-corrected chi connectivity index (χ1v) is 5.45. The second-order valence-electron chi connectivity index (χ2n) is 3.47. The van der Waals surface area contributed by atoms with E-state index in [2.05, 4.69) is 0 Å². The smallest absolute Gasteiger partial charge is 0.156 e. The van der Waals surface area contributed by atoms with E-state index >= 15 is 0 Å². The highest BCUT2D eigenvalue weighted by Crippen LogP contribution is 2.49. The quantitative estimate of drug-likeness (QED) is 0.530. The van der Waals surface area contributed by atoms with Crippen molar-refractivity contribution in [2.24, 2.45) is 0 Å². The zero-order valence-corrected chi connectivity index (χ0v) is 6.99. The van der Waals surface area contributed by atoms with Crippen molar-refractivity contribution in [1.29, 1.82) is 0 Å². The molecular weight excluding hydrogens is 164 g/mol. The van der Waals surface area contributed by atoms with Crippen LogP contribution in [0.25, 0.3) is 0 Å². The molecule has 0 aromatic heterocycles. The van der Waals surface area contributed by atoms with Gasteiger partial charge in [-0.25, -0.2) is 8.42 Å². The van der Waals surface area contributed by atoms with Crippen LogP contribution in [0.5, 0.6) is 0 Å². The Morgan fingerprint density at radius 3 is 2.36 bits per heavy atom. The Morgan fingerprint density at radius 1 is 1.27 bits per heavy atom. The molecule has 2 aliphatic rings. The highest BCUT2D eigenvalue weighted by Gasteiger charge is 2.56. The van der Waals surface area contributed by atoms with Crippen LogP contribution >= 0.6 is 0 Å². The summed E-state index contributed by atoms with van der Waals surface area (Å²) in [5.74, 6) is 0.212. The fourth-order valence-corrected chi connectivity index (χ4v) is 3.68. The number of rotatable bonds is 0. The molecule has 1 aliphatic heterocycles. The summed E-state index contributed by atoms with van der Waals surface area (Å²) in [6, 6.07) is 0. The van der Waals surface area contributed by atoms with Gasteiger partial charge in [-0.3, -0.25) is 4.79 Å². The number of Topliss-reactive ketones (excluding diaryl/α,β-unsaturated/α-hetero) is 1. The molecule has 2 rings (SSSR count). The van der Waals surface area contributed by atoms with Crippen molar-refractivity contribution in [2.45, 2.75) is 30.4 Å². The molecule has 0 unspecified atom stereocenters. The molecule has 0 bridgehead atoms. The van der Waals surface area contributed by atoms with Crippen molar-refractivity contribution in [2.75, 3.05) is 5.75 Å². The van der Waals surface area contributed by atoms with E-state index in [1.165, 1.54) is 0 Å². The number of carbonyl (C=O) groups is 1. The van der Waals surface area contributed by atoms with Crippen LogP contribution in [0, 0.1) is 0 Å². The first kappa shape index (κ1) is 7.28. The van der Waals surface area contributed by atoms with Crippen LogP contribution in [-0.2, 0) is 14.6 Å². The highest BCUT2D eigenvalue weighted by atomic mass is 32.2. The molecule has 0 N–H and O–H groups in total. The van der Waals surface area contributed by atoms with Crippen LogP contribution in [0.3, 0.4) is 0 Å². The third kappa shape index (κ3) is 0.922. The van der Waals surface area contributed by atoms with E-state index < -0.39 is 14.6 Å². The second-order valence-corrected chi connectivity index (χ2v) is 5.97. The standard InChI is InChI=1S/C7H10O3S/c8-6-1-4-11(9,10)7(5-6)2-3-7/h1-5H2. The third-order valence-electron chi connectivity index (χ3n) is 2.64. The summed E-state index contributed by atoms with van der Waals surface area (Å²) in [4.78, 5) is 10.9. The predicted molar refractivity (Wildman–Crippen MR) is 40.0 cm³/mol. The number of ketones is 1. The third-order valence-corrected chi connectivity index (χ3v) is 5.25. The van der Waals surface area contributed by atoms with Gasteiger partial charge in [0.05, 0.1) is 10.5 Å². The number of hydrogen-bond acceptors (Lipinski definition) is 3. The summed E-state index contributed by atoms with van der Waals surface area (Å²) < 4.78 is 22.1. The summed E-state index contributed by atoms with van der Waals surface area (Å²) in [6.07, 6.45) is 1.95. The lowest BCUT2D eigenvalue weighted by molar-refractivity contribution is -0.119. The number of hydrogen-bond donors (Lipinski definition) is 0. The first-order chi connectivity index (χ1) is 5.06. The molecule has 4 heteroatoms. The van der Waals surface area contributed by atoms with Gasteiger partial charge in [0.25, 0.3) is 0 Å². The van der Waals surface area contributed by atoms with Crippen LogP contribution in [0.15, 0.2) is 0 Å². The molecule has 1 saturated heterocycles. The molecule has 2 fully saturated rings. The highest BCUT2D eigenvalue weighted by molar-refractivity contribution is 7.93. The van der Waals surface area contributed by atoms with Crippen molar-refractivity contribution in [3.63, 3.8) is 0 Å². The maximum absolute atomic E-state index is 11.4. The monoisotopic (exact) mass is 174 g/mol. The van der Waals surface area contributed by atoms with Gasteiger partial charge in [-0.1, -0.05) is 0 Å². The summed E-state index contributed by atoms with van der Waals surface area (Å²) in [7, 11) is -2.90. The van der Waals surface area contributed by atoms with Gasteiger partial charge < -0.3 is 0 Å². The Kier molecular flexibility index (Phi) is 1.23. The molecule has 0 amide bonds. The molecular formula is C7H10O3S. The molecule has 3 nitrogen and oxygen atoms in total. The minimum Gasteiger partial charge on any atom is -0.300 e. The molecule has 11 heavy (non-hydrogen) atoms. The molecule has 0 aromatic rings. The van der Waals surface area contributed by atoms with E-state index in [-0.39, 0.29) is 24.4 Å². The SMILES string of the molecule is O=C1CCS(=O)(=O)C2(CC2)C1. The predicted octanol–water partition coefficient (Wildman–Crippen LogP) is 0.297. The van der Waals surface area contributed by atoms with Crippen molar-refractivity contribution >= 4 is 15.6 Å². The minimum absolute atomic E-state index is 0.0891. The van der Waals surface area contributed by atoms with Crippen LogP contribution in [0.1, 0.15) is 25.7 Å². The fraction of sp³-hybridized carbons (Fsp3) is 0.857. The molecule has 0 atom stereocenters. The zero-order valence-electron chi connectivity index (χ0n) is 6.17. The normalized spacial score (nSPS) is 32.2. The van der Waals surface area contributed by atoms with E-state index in [0.717, 1.165) is 0 Å². The molecule has 1 saturated carbocycles. The van der Waals surface area contributed by atoms with Crippen LogP contribution in [-0.4, -0.2) is 24.7 Å². The Morgan fingerprint density at radius 2 is 1.91 bits per heavy atom. The van der Waals surface area contributed by atoms with Gasteiger partial charge in [-0.2, -0.15) is 0 Å². The Balaban J connectivity index is 2.35. The van der Waals surface area contributed by atoms with Crippen LogP contribution in [0.4, 0.5) is 0 Å². The van der Waals surface area contributed by atoms with Crippen LogP contribution < -0.4 is 0 Å². The van der Waals surface area contributed by atoms with E-state index in [4.69, 9.17) is 0 Å². The maximum Gasteiger partial charge on any atom is 0.156 e. The number of sulfone groups is 1. The van der Waals surface area contributed by atoms with Gasteiger partial charge in [-0.15, -0.1) is 0 Å². The van der Waals surface area contributed by atoms with Crippen molar-refractivity contribution in [3.05, 3.63) is 0 Å². The van der Waals surface area contributed by atoms with E-state index in [9.17, 15) is 13.2 Å². The maximum atomic E-state index is 11.4. The van der Waals surface area contributed by atoms with Crippen molar-refractivity contribution < 1.29 is 13.2 Å². The van der Waals surface area contributed by atoms with Gasteiger partial charge in [0.1, 0.15) is 5.78 Å². The fourth-order valence-electron chi connectivity index (χ4n) is 1.65. The summed E-state index contributed by atoms with van der Waals surface area (Å²) >= 11 is 0. The Labute approximate surface area is 65.7 Å². The van der Waals surface area contributed by atoms with Gasteiger partial charge in [-0.05, 0) is 12.8 Å². The summed E-state index contributed by atoms with van der Waals surface area (Å²) in [6.45, 7) is 0. The van der Waals surface area contributed by atoms with Crippen molar-refractivity contribution in [3.8, 4) is 0 Å². The summed E-state index contributed by atoms with van der Waals surface area (Å²) in [5.41, 5.74) is 0. The van der Waals surface area contributed by atoms with Gasteiger partial charge in [0, 0.05) is 12.8 Å². The molecule has 0 aromatic carbocycles. The van der Waals surface area contributed by atoms with Crippen LogP contribution in [0.2, 0.25) is 0 Å². The van der Waals surface area contributed by atoms with Gasteiger partial charge in [0.2, 0.25) is 0 Å². The number of carbonyl (C=O) groups excluding carboxylic acids is 1.